The van der Waals surface area contributed by atoms with Gasteiger partial charge >= 0.3 is 0 Å². The Bertz CT molecular complexity index is 803. The Labute approximate surface area is 140 Å². The van der Waals surface area contributed by atoms with Crippen molar-refractivity contribution in [1.82, 2.24) is 9.88 Å². The maximum atomic E-state index is 12.6. The van der Waals surface area contributed by atoms with Gasteiger partial charge in [0.25, 0.3) is 0 Å². The first-order valence-electron chi connectivity index (χ1n) is 7.78. The number of anilines is 1. The Morgan fingerprint density at radius 3 is 3.00 bits per heavy atom. The Morgan fingerprint density at radius 2 is 2.21 bits per heavy atom. The second-order valence-corrected chi connectivity index (χ2v) is 5.63. The third-order valence-electron chi connectivity index (χ3n) is 4.06. The maximum Gasteiger partial charge on any atom is 0.249 e. The molecule has 1 saturated heterocycles. The molecule has 2 amide bonds. The quantitative estimate of drug-likeness (QED) is 0.875. The van der Waals surface area contributed by atoms with Crippen molar-refractivity contribution < 1.29 is 14.3 Å². The average molecular weight is 325 g/mol. The van der Waals surface area contributed by atoms with Crippen LogP contribution in [0.4, 0.5) is 5.69 Å². The van der Waals surface area contributed by atoms with Crippen molar-refractivity contribution in [2.24, 2.45) is 0 Å². The standard InChI is InChI=1S/C18H19N3O3/c1-3-17(22)21-8-9-24-11-16(21)18(23)20-15-10-13-6-4-5-7-14(13)19-12(15)2/h3-7,10,16H,1,8-9,11H2,2H3,(H,20,23). The first-order chi connectivity index (χ1) is 11.6. The highest BCUT2D eigenvalue weighted by molar-refractivity contribution is 6.00. The van der Waals surface area contributed by atoms with Crippen molar-refractivity contribution in [3.05, 3.63) is 48.7 Å². The molecular weight excluding hydrogens is 306 g/mol. The van der Waals surface area contributed by atoms with Crippen molar-refractivity contribution in [1.29, 1.82) is 0 Å². The van der Waals surface area contributed by atoms with Gasteiger partial charge in [0.1, 0.15) is 6.04 Å². The molecular formula is C18H19N3O3. The molecule has 1 atom stereocenters. The molecule has 1 aromatic carbocycles. The van der Waals surface area contributed by atoms with Crippen molar-refractivity contribution in [2.75, 3.05) is 25.1 Å². The number of para-hydroxylation sites is 1. The van der Waals surface area contributed by atoms with Crippen molar-refractivity contribution in [3.63, 3.8) is 0 Å². The van der Waals surface area contributed by atoms with Gasteiger partial charge in [-0.15, -0.1) is 0 Å². The second-order valence-electron chi connectivity index (χ2n) is 5.63. The Hall–Kier alpha value is -2.73. The highest BCUT2D eigenvalue weighted by atomic mass is 16.5. The van der Waals surface area contributed by atoms with E-state index in [9.17, 15) is 9.59 Å². The number of amides is 2. The summed E-state index contributed by atoms with van der Waals surface area (Å²) in [5.74, 6) is -0.558. The minimum Gasteiger partial charge on any atom is -0.377 e. The first kappa shape index (κ1) is 16.1. The second kappa shape index (κ2) is 6.80. The average Bonchev–Trinajstić information content (AvgIpc) is 2.61. The minimum atomic E-state index is -0.671. The number of ether oxygens (including phenoxy) is 1. The molecule has 1 aliphatic rings. The third-order valence-corrected chi connectivity index (χ3v) is 4.06. The van der Waals surface area contributed by atoms with Gasteiger partial charge in [-0.3, -0.25) is 14.6 Å². The summed E-state index contributed by atoms with van der Waals surface area (Å²) < 4.78 is 5.36. The minimum absolute atomic E-state index is 0.172. The van der Waals surface area contributed by atoms with Crippen LogP contribution in [-0.4, -0.2) is 47.5 Å². The number of morpholine rings is 1. The van der Waals surface area contributed by atoms with E-state index in [1.54, 1.807) is 0 Å². The summed E-state index contributed by atoms with van der Waals surface area (Å²) in [7, 11) is 0. The van der Waals surface area contributed by atoms with Crippen LogP contribution in [0.3, 0.4) is 0 Å². The van der Waals surface area contributed by atoms with Gasteiger partial charge in [-0.1, -0.05) is 24.8 Å². The van der Waals surface area contributed by atoms with Crippen LogP contribution in [0.25, 0.3) is 10.9 Å². The maximum absolute atomic E-state index is 12.6. The van der Waals surface area contributed by atoms with Crippen LogP contribution in [-0.2, 0) is 14.3 Å². The number of aryl methyl sites for hydroxylation is 1. The van der Waals surface area contributed by atoms with Gasteiger partial charge < -0.3 is 15.0 Å². The highest BCUT2D eigenvalue weighted by Crippen LogP contribution is 2.21. The van der Waals surface area contributed by atoms with Gasteiger partial charge in [0, 0.05) is 11.9 Å². The molecule has 0 bridgehead atoms. The van der Waals surface area contributed by atoms with Crippen LogP contribution in [0.2, 0.25) is 0 Å². The van der Waals surface area contributed by atoms with Gasteiger partial charge in [-0.25, -0.2) is 0 Å². The van der Waals surface area contributed by atoms with E-state index in [1.165, 1.54) is 11.0 Å². The Balaban J connectivity index is 1.84. The summed E-state index contributed by atoms with van der Waals surface area (Å²) >= 11 is 0. The summed E-state index contributed by atoms with van der Waals surface area (Å²) in [5, 5.41) is 3.81. The fourth-order valence-electron chi connectivity index (χ4n) is 2.76. The Morgan fingerprint density at radius 1 is 1.42 bits per heavy atom. The van der Waals surface area contributed by atoms with Crippen molar-refractivity contribution in [3.8, 4) is 0 Å². The number of rotatable bonds is 3. The number of nitrogens with zero attached hydrogens (tertiary/aromatic N) is 2. The van der Waals surface area contributed by atoms with Crippen LogP contribution in [0.15, 0.2) is 43.0 Å². The number of hydrogen-bond donors (Lipinski definition) is 1. The van der Waals surface area contributed by atoms with Gasteiger partial charge in [0.15, 0.2) is 0 Å². The fraction of sp³-hybridized carbons (Fsp3) is 0.278. The molecule has 24 heavy (non-hydrogen) atoms. The molecule has 1 aromatic heterocycles. The monoisotopic (exact) mass is 325 g/mol. The van der Waals surface area contributed by atoms with Crippen molar-refractivity contribution in [2.45, 2.75) is 13.0 Å². The SMILES string of the molecule is C=CC(=O)N1CCOCC1C(=O)Nc1cc2ccccc2nc1C. The number of benzene rings is 1. The molecule has 1 N–H and O–H groups in total. The predicted octanol–water partition coefficient (Wildman–Crippen LogP) is 1.90. The molecule has 1 aliphatic heterocycles. The van der Waals surface area contributed by atoms with E-state index in [1.807, 2.05) is 37.3 Å². The number of carbonyl (C=O) groups is 2. The topological polar surface area (TPSA) is 71.5 Å². The molecule has 6 heteroatoms. The number of pyridine rings is 1. The summed E-state index contributed by atoms with van der Waals surface area (Å²) in [6.07, 6.45) is 1.22. The van der Waals surface area contributed by atoms with Crippen LogP contribution >= 0.6 is 0 Å². The van der Waals surface area contributed by atoms with Gasteiger partial charge in [0.2, 0.25) is 11.8 Å². The Kier molecular flexibility index (Phi) is 4.57. The van der Waals surface area contributed by atoms with Gasteiger partial charge in [-0.05, 0) is 25.1 Å². The molecule has 0 radical (unpaired) electrons. The molecule has 0 spiro atoms. The summed E-state index contributed by atoms with van der Waals surface area (Å²) in [4.78, 5) is 30.6. The van der Waals surface area contributed by atoms with Crippen LogP contribution < -0.4 is 5.32 Å². The van der Waals surface area contributed by atoms with Crippen molar-refractivity contribution >= 4 is 28.4 Å². The van der Waals surface area contributed by atoms with Crippen LogP contribution in [0, 0.1) is 6.92 Å². The van der Waals surface area contributed by atoms with E-state index in [-0.39, 0.29) is 18.4 Å². The zero-order chi connectivity index (χ0) is 17.1. The highest BCUT2D eigenvalue weighted by Gasteiger charge is 2.32. The molecule has 0 saturated carbocycles. The molecule has 1 fully saturated rings. The van der Waals surface area contributed by atoms with Crippen LogP contribution in [0.1, 0.15) is 5.69 Å². The number of nitrogens with one attached hydrogen (secondary N) is 1. The number of aromatic nitrogens is 1. The van der Waals surface area contributed by atoms with E-state index in [0.717, 1.165) is 16.6 Å². The van der Waals surface area contributed by atoms with Gasteiger partial charge in [-0.2, -0.15) is 0 Å². The predicted molar refractivity (Wildman–Crippen MR) is 91.6 cm³/mol. The zero-order valence-corrected chi connectivity index (χ0v) is 13.5. The lowest BCUT2D eigenvalue weighted by molar-refractivity contribution is -0.142. The van der Waals surface area contributed by atoms with E-state index in [2.05, 4.69) is 16.9 Å². The lowest BCUT2D eigenvalue weighted by Gasteiger charge is -2.33. The molecule has 124 valence electrons. The molecule has 2 heterocycles. The summed E-state index contributed by atoms with van der Waals surface area (Å²) in [5.41, 5.74) is 2.23. The molecule has 1 unspecified atom stereocenters. The summed E-state index contributed by atoms with van der Waals surface area (Å²) in [6.45, 7) is 6.29. The third kappa shape index (κ3) is 3.14. The number of fused-ring (bicyclic) bond motifs is 1. The smallest absolute Gasteiger partial charge is 0.249 e. The molecule has 0 aliphatic carbocycles. The zero-order valence-electron chi connectivity index (χ0n) is 13.5. The fourth-order valence-corrected chi connectivity index (χ4v) is 2.76. The normalized spacial score (nSPS) is 17.5. The largest absolute Gasteiger partial charge is 0.377 e. The van der Waals surface area contributed by atoms with E-state index < -0.39 is 6.04 Å². The molecule has 2 aromatic rings. The number of hydrogen-bond acceptors (Lipinski definition) is 4. The molecule has 6 nitrogen and oxygen atoms in total. The first-order valence-corrected chi connectivity index (χ1v) is 7.78. The van der Waals surface area contributed by atoms with E-state index >= 15 is 0 Å². The summed E-state index contributed by atoms with van der Waals surface area (Å²) in [6, 6.07) is 8.92. The lowest BCUT2D eigenvalue weighted by atomic mass is 10.1. The van der Waals surface area contributed by atoms with E-state index in [4.69, 9.17) is 4.74 Å². The lowest BCUT2D eigenvalue weighted by Crippen LogP contribution is -2.53. The number of carbonyl (C=O) groups excluding carboxylic acids is 2. The van der Waals surface area contributed by atoms with E-state index in [0.29, 0.717) is 18.8 Å². The molecule has 3 rings (SSSR count). The van der Waals surface area contributed by atoms with Crippen LogP contribution in [0.5, 0.6) is 0 Å². The van der Waals surface area contributed by atoms with Gasteiger partial charge in [0.05, 0.1) is 30.1 Å².